The van der Waals surface area contributed by atoms with Crippen LogP contribution in [0, 0.1) is 0 Å². The standard InChI is InChI=1S/C24H17BrF3N3O3/c1-33-20-12-21(34-2)18(25)11-15(20)13-29-31-22(14-6-5-7-16(10-14)24(26,27)28)30-19-9-4-3-8-17(19)23(31)32/h3-13H,1-2H3. The van der Waals surface area contributed by atoms with Gasteiger partial charge in [0.15, 0.2) is 5.82 Å². The van der Waals surface area contributed by atoms with Crippen LogP contribution in [0.25, 0.3) is 22.3 Å². The Morgan fingerprint density at radius 1 is 1.00 bits per heavy atom. The second-order valence-corrected chi connectivity index (χ2v) is 7.98. The van der Waals surface area contributed by atoms with E-state index in [9.17, 15) is 18.0 Å². The lowest BCUT2D eigenvalue weighted by Gasteiger charge is -2.12. The van der Waals surface area contributed by atoms with E-state index in [1.54, 1.807) is 36.4 Å². The molecule has 1 heterocycles. The van der Waals surface area contributed by atoms with Crippen molar-refractivity contribution in [3.05, 3.63) is 86.6 Å². The molecule has 0 aliphatic rings. The maximum Gasteiger partial charge on any atom is 0.416 e. The highest BCUT2D eigenvalue weighted by molar-refractivity contribution is 9.10. The van der Waals surface area contributed by atoms with Crippen molar-refractivity contribution in [2.45, 2.75) is 6.18 Å². The molecular formula is C24H17BrF3N3O3. The summed E-state index contributed by atoms with van der Waals surface area (Å²) < 4.78 is 52.2. The topological polar surface area (TPSA) is 65.7 Å². The van der Waals surface area contributed by atoms with Crippen LogP contribution in [0.3, 0.4) is 0 Å². The number of nitrogens with zero attached hydrogens (tertiary/aromatic N) is 3. The fourth-order valence-corrected chi connectivity index (χ4v) is 3.88. The van der Waals surface area contributed by atoms with Crippen LogP contribution in [0.2, 0.25) is 0 Å². The zero-order valence-corrected chi connectivity index (χ0v) is 19.5. The summed E-state index contributed by atoms with van der Waals surface area (Å²) in [6.07, 6.45) is -3.18. The van der Waals surface area contributed by atoms with Gasteiger partial charge in [-0.3, -0.25) is 4.79 Å². The maximum absolute atomic E-state index is 13.3. The minimum absolute atomic E-state index is 0.0300. The van der Waals surface area contributed by atoms with Crippen molar-refractivity contribution < 1.29 is 22.6 Å². The molecule has 0 radical (unpaired) electrons. The van der Waals surface area contributed by atoms with Crippen molar-refractivity contribution in [3.8, 4) is 22.9 Å². The van der Waals surface area contributed by atoms with E-state index in [1.807, 2.05) is 0 Å². The smallest absolute Gasteiger partial charge is 0.416 e. The van der Waals surface area contributed by atoms with E-state index in [0.717, 1.165) is 16.8 Å². The van der Waals surface area contributed by atoms with Crippen molar-refractivity contribution in [2.24, 2.45) is 5.10 Å². The summed E-state index contributed by atoms with van der Waals surface area (Å²) in [5.74, 6) is 0.923. The van der Waals surface area contributed by atoms with Gasteiger partial charge in [0.05, 0.1) is 41.4 Å². The van der Waals surface area contributed by atoms with Gasteiger partial charge in [-0.2, -0.15) is 22.9 Å². The zero-order chi connectivity index (χ0) is 24.5. The van der Waals surface area contributed by atoms with Crippen LogP contribution >= 0.6 is 15.9 Å². The van der Waals surface area contributed by atoms with Crippen molar-refractivity contribution in [1.29, 1.82) is 0 Å². The number of fused-ring (bicyclic) bond motifs is 1. The highest BCUT2D eigenvalue weighted by atomic mass is 79.9. The van der Waals surface area contributed by atoms with Gasteiger partial charge in [0, 0.05) is 17.2 Å². The van der Waals surface area contributed by atoms with Crippen LogP contribution in [-0.4, -0.2) is 30.1 Å². The third-order valence-corrected chi connectivity index (χ3v) is 5.64. The van der Waals surface area contributed by atoms with Gasteiger partial charge in [0.2, 0.25) is 0 Å². The fraction of sp³-hybridized carbons (Fsp3) is 0.125. The molecule has 0 atom stereocenters. The molecule has 34 heavy (non-hydrogen) atoms. The lowest BCUT2D eigenvalue weighted by atomic mass is 10.1. The van der Waals surface area contributed by atoms with Gasteiger partial charge in [0.25, 0.3) is 5.56 Å². The van der Waals surface area contributed by atoms with Crippen LogP contribution in [0.1, 0.15) is 11.1 Å². The number of aromatic nitrogens is 2. The van der Waals surface area contributed by atoms with Gasteiger partial charge in [-0.25, -0.2) is 4.98 Å². The molecule has 0 amide bonds. The third kappa shape index (κ3) is 4.54. The van der Waals surface area contributed by atoms with E-state index in [2.05, 4.69) is 26.0 Å². The van der Waals surface area contributed by atoms with Gasteiger partial charge in [0.1, 0.15) is 11.5 Å². The van der Waals surface area contributed by atoms with Crippen LogP contribution in [0.15, 0.2) is 75.0 Å². The summed E-state index contributed by atoms with van der Waals surface area (Å²) in [5, 5.41) is 4.57. The second kappa shape index (κ2) is 9.30. The molecule has 0 saturated carbocycles. The molecule has 4 aromatic rings. The molecule has 1 aromatic heterocycles. The van der Waals surface area contributed by atoms with Crippen molar-refractivity contribution in [1.82, 2.24) is 9.66 Å². The molecule has 0 spiro atoms. The first-order valence-electron chi connectivity index (χ1n) is 9.88. The Labute approximate surface area is 200 Å². The average Bonchev–Trinajstić information content (AvgIpc) is 2.83. The minimum Gasteiger partial charge on any atom is -0.496 e. The molecule has 0 saturated heterocycles. The van der Waals surface area contributed by atoms with Crippen LogP contribution in [0.4, 0.5) is 13.2 Å². The molecule has 6 nitrogen and oxygen atoms in total. The first-order valence-corrected chi connectivity index (χ1v) is 10.7. The summed E-state index contributed by atoms with van der Waals surface area (Å²) in [4.78, 5) is 17.7. The zero-order valence-electron chi connectivity index (χ0n) is 17.9. The number of ether oxygens (including phenoxy) is 2. The van der Waals surface area contributed by atoms with Gasteiger partial charge in [-0.1, -0.05) is 24.3 Å². The van der Waals surface area contributed by atoms with Crippen molar-refractivity contribution >= 4 is 33.0 Å². The summed E-state index contributed by atoms with van der Waals surface area (Å²) >= 11 is 3.39. The number of halogens is 4. The molecule has 0 bridgehead atoms. The summed E-state index contributed by atoms with van der Waals surface area (Å²) in [6.45, 7) is 0. The average molecular weight is 532 g/mol. The molecule has 3 aromatic carbocycles. The van der Waals surface area contributed by atoms with E-state index >= 15 is 0 Å². The normalized spacial score (nSPS) is 11.8. The van der Waals surface area contributed by atoms with Crippen LogP contribution < -0.4 is 15.0 Å². The minimum atomic E-state index is -4.55. The molecule has 0 unspecified atom stereocenters. The molecule has 174 valence electrons. The molecule has 0 fully saturated rings. The summed E-state index contributed by atoms with van der Waals surface area (Å²) in [5.41, 5.74) is -0.441. The van der Waals surface area contributed by atoms with Crippen LogP contribution in [0.5, 0.6) is 11.5 Å². The molecule has 10 heteroatoms. The molecule has 0 N–H and O–H groups in total. The predicted octanol–water partition coefficient (Wildman–Crippen LogP) is 5.74. The number of alkyl halides is 3. The predicted molar refractivity (Wildman–Crippen MR) is 127 cm³/mol. The van der Waals surface area contributed by atoms with E-state index in [0.29, 0.717) is 27.1 Å². The van der Waals surface area contributed by atoms with Crippen molar-refractivity contribution in [3.63, 3.8) is 0 Å². The number of rotatable bonds is 5. The largest absolute Gasteiger partial charge is 0.496 e. The van der Waals surface area contributed by atoms with Crippen LogP contribution in [-0.2, 0) is 6.18 Å². The first kappa shape index (κ1) is 23.5. The number of para-hydroxylation sites is 1. The Hall–Kier alpha value is -3.66. The molecular weight excluding hydrogens is 515 g/mol. The lowest BCUT2D eigenvalue weighted by Crippen LogP contribution is -2.20. The van der Waals surface area contributed by atoms with Gasteiger partial charge < -0.3 is 9.47 Å². The fourth-order valence-electron chi connectivity index (χ4n) is 3.36. The number of methoxy groups -OCH3 is 2. The Balaban J connectivity index is 1.94. The highest BCUT2D eigenvalue weighted by Crippen LogP contribution is 2.33. The quantitative estimate of drug-likeness (QED) is 0.308. The van der Waals surface area contributed by atoms with Gasteiger partial charge in [-0.15, -0.1) is 0 Å². The Kier molecular flexibility index (Phi) is 6.43. The monoisotopic (exact) mass is 531 g/mol. The summed E-state index contributed by atoms with van der Waals surface area (Å²) in [7, 11) is 2.98. The van der Waals surface area contributed by atoms with E-state index < -0.39 is 17.3 Å². The molecule has 4 rings (SSSR count). The van der Waals surface area contributed by atoms with Gasteiger partial charge in [-0.05, 0) is 46.3 Å². The summed E-state index contributed by atoms with van der Waals surface area (Å²) in [6, 6.07) is 14.5. The number of hydrogen-bond acceptors (Lipinski definition) is 5. The Morgan fingerprint density at radius 2 is 1.74 bits per heavy atom. The van der Waals surface area contributed by atoms with E-state index in [-0.39, 0.29) is 16.8 Å². The number of hydrogen-bond donors (Lipinski definition) is 0. The highest BCUT2D eigenvalue weighted by Gasteiger charge is 2.31. The van der Waals surface area contributed by atoms with E-state index in [4.69, 9.17) is 9.47 Å². The lowest BCUT2D eigenvalue weighted by molar-refractivity contribution is -0.137. The first-order chi connectivity index (χ1) is 16.2. The maximum atomic E-state index is 13.3. The number of benzene rings is 3. The molecule has 0 aliphatic carbocycles. The second-order valence-electron chi connectivity index (χ2n) is 7.12. The van der Waals surface area contributed by atoms with Gasteiger partial charge >= 0.3 is 6.18 Å². The SMILES string of the molecule is COc1cc(OC)c(C=Nn2c(-c3cccc(C(F)(F)F)c3)nc3ccccc3c2=O)cc1Br. The molecule has 0 aliphatic heterocycles. The Bertz CT molecular complexity index is 1470. The van der Waals surface area contributed by atoms with Crippen molar-refractivity contribution in [2.75, 3.05) is 14.2 Å². The Morgan fingerprint density at radius 3 is 2.44 bits per heavy atom. The van der Waals surface area contributed by atoms with E-state index in [1.165, 1.54) is 32.6 Å². The third-order valence-electron chi connectivity index (χ3n) is 5.02.